The summed E-state index contributed by atoms with van der Waals surface area (Å²) in [5, 5.41) is 0. The van der Waals surface area contributed by atoms with Gasteiger partial charge < -0.3 is 23.7 Å². The molecule has 2 aromatic rings. The van der Waals surface area contributed by atoms with Crippen molar-refractivity contribution in [2.24, 2.45) is 17.8 Å². The van der Waals surface area contributed by atoms with Gasteiger partial charge in [-0.15, -0.1) is 0 Å². The summed E-state index contributed by atoms with van der Waals surface area (Å²) in [5.74, 6) is 9.97. The first-order valence-corrected chi connectivity index (χ1v) is 13.2. The van der Waals surface area contributed by atoms with E-state index in [-0.39, 0.29) is 11.4 Å². The predicted molar refractivity (Wildman–Crippen MR) is 140 cm³/mol. The Bertz CT molecular complexity index is 1150. The van der Waals surface area contributed by atoms with E-state index in [1.165, 1.54) is 51.2 Å². The number of ether oxygens (including phenoxy) is 5. The van der Waals surface area contributed by atoms with Crippen LogP contribution in [0.15, 0.2) is 36.4 Å². The molecule has 0 saturated heterocycles. The van der Waals surface area contributed by atoms with Gasteiger partial charge in [0.15, 0.2) is 0 Å². The second-order valence-corrected chi connectivity index (χ2v) is 10.7. The minimum absolute atomic E-state index is 0.0828. The maximum Gasteiger partial charge on any atom is 0.337 e. The van der Waals surface area contributed by atoms with Crippen LogP contribution in [0.1, 0.15) is 72.5 Å². The molecule has 4 aliphatic rings. The van der Waals surface area contributed by atoms with Gasteiger partial charge in [0.05, 0.1) is 32.0 Å². The molecule has 196 valence electrons. The molecule has 6 heteroatoms. The van der Waals surface area contributed by atoms with Gasteiger partial charge in [-0.2, -0.15) is 0 Å². The zero-order valence-electron chi connectivity index (χ0n) is 22.2. The lowest BCUT2D eigenvalue weighted by molar-refractivity contribution is -0.231. The van der Waals surface area contributed by atoms with Gasteiger partial charge in [-0.25, -0.2) is 4.79 Å². The van der Waals surface area contributed by atoms with Gasteiger partial charge in [0.25, 0.3) is 0 Å². The van der Waals surface area contributed by atoms with Gasteiger partial charge in [-0.1, -0.05) is 11.8 Å². The molecule has 0 amide bonds. The highest BCUT2D eigenvalue weighted by Gasteiger charge is 2.52. The van der Waals surface area contributed by atoms with Crippen molar-refractivity contribution in [3.8, 4) is 23.3 Å². The Morgan fingerprint density at radius 1 is 0.946 bits per heavy atom. The third kappa shape index (κ3) is 5.21. The summed E-state index contributed by atoms with van der Waals surface area (Å²) in [5.41, 5.74) is 3.40. The quantitative estimate of drug-likeness (QED) is 0.261. The SMILES string of the molecule is CCOC(OC)Oc1cc(OC)c(C#Cc2ccc(C(=O)OC)cc2)cc1C12CC3CC(CC(C3)C1)C2. The van der Waals surface area contributed by atoms with Crippen LogP contribution in [-0.4, -0.2) is 40.4 Å². The number of hydrogen-bond donors (Lipinski definition) is 0. The molecule has 2 aromatic carbocycles. The average Bonchev–Trinajstić information content (AvgIpc) is 2.90. The lowest BCUT2D eigenvalue weighted by Crippen LogP contribution is -2.48. The highest BCUT2D eigenvalue weighted by molar-refractivity contribution is 5.89. The van der Waals surface area contributed by atoms with Crippen LogP contribution in [0.25, 0.3) is 0 Å². The fourth-order valence-corrected chi connectivity index (χ4v) is 7.12. The molecule has 4 fully saturated rings. The van der Waals surface area contributed by atoms with E-state index >= 15 is 0 Å². The van der Waals surface area contributed by atoms with Crippen LogP contribution in [0.2, 0.25) is 0 Å². The lowest BCUT2D eigenvalue weighted by atomic mass is 9.48. The van der Waals surface area contributed by atoms with E-state index in [0.29, 0.717) is 17.9 Å². The van der Waals surface area contributed by atoms with Crippen LogP contribution in [0.4, 0.5) is 0 Å². The first-order valence-electron chi connectivity index (χ1n) is 13.2. The second kappa shape index (κ2) is 10.8. The predicted octanol–water partition coefficient (Wildman–Crippen LogP) is 5.69. The van der Waals surface area contributed by atoms with Crippen molar-refractivity contribution in [1.29, 1.82) is 0 Å². The van der Waals surface area contributed by atoms with Crippen molar-refractivity contribution in [3.05, 3.63) is 58.7 Å². The van der Waals surface area contributed by atoms with Crippen LogP contribution < -0.4 is 9.47 Å². The molecule has 6 nitrogen and oxygen atoms in total. The number of benzene rings is 2. The molecule has 0 radical (unpaired) electrons. The molecule has 1 unspecified atom stereocenters. The Morgan fingerprint density at radius 3 is 2.14 bits per heavy atom. The summed E-state index contributed by atoms with van der Waals surface area (Å²) in [4.78, 5) is 11.8. The van der Waals surface area contributed by atoms with Crippen LogP contribution in [-0.2, 0) is 19.6 Å². The minimum Gasteiger partial charge on any atom is -0.495 e. The number of methoxy groups -OCH3 is 3. The molecule has 6 rings (SSSR count). The zero-order chi connectivity index (χ0) is 26.0. The van der Waals surface area contributed by atoms with E-state index in [9.17, 15) is 4.79 Å². The van der Waals surface area contributed by atoms with E-state index in [1.54, 1.807) is 26.4 Å². The Hall–Kier alpha value is -3.01. The number of rotatable bonds is 8. The molecular formula is C31H36O6. The highest BCUT2D eigenvalue weighted by atomic mass is 16.8. The molecule has 4 saturated carbocycles. The van der Waals surface area contributed by atoms with Crippen molar-refractivity contribution in [3.63, 3.8) is 0 Å². The fourth-order valence-electron chi connectivity index (χ4n) is 7.12. The van der Waals surface area contributed by atoms with Crippen molar-refractivity contribution in [2.45, 2.75) is 57.3 Å². The average molecular weight is 505 g/mol. The van der Waals surface area contributed by atoms with Crippen LogP contribution in [0.5, 0.6) is 11.5 Å². The van der Waals surface area contributed by atoms with E-state index < -0.39 is 6.48 Å². The van der Waals surface area contributed by atoms with Gasteiger partial charge in [0, 0.05) is 24.3 Å². The van der Waals surface area contributed by atoms with Crippen LogP contribution >= 0.6 is 0 Å². The molecular weight excluding hydrogens is 468 g/mol. The molecule has 0 aliphatic heterocycles. The first kappa shape index (κ1) is 25.6. The van der Waals surface area contributed by atoms with Crippen LogP contribution in [0, 0.1) is 29.6 Å². The van der Waals surface area contributed by atoms with Gasteiger partial charge in [-0.05, 0) is 98.9 Å². The summed E-state index contributed by atoms with van der Waals surface area (Å²) in [7, 11) is 4.61. The number of esters is 1. The van der Waals surface area contributed by atoms with Crippen molar-refractivity contribution < 1.29 is 28.5 Å². The molecule has 0 heterocycles. The zero-order valence-corrected chi connectivity index (χ0v) is 22.2. The summed E-state index contributed by atoms with van der Waals surface area (Å²) < 4.78 is 28.0. The standard InChI is InChI=1S/C31H36O6/c1-5-36-30(35-4)37-28-16-27(33-2)25(11-8-20-6-9-24(10-7-20)29(32)34-3)15-26(28)31-17-21-12-22(18-31)14-23(13-21)19-31/h6-7,9-10,15-16,21-23,30H,5,12-14,17-19H2,1-4H3. The normalized spacial score (nSPS) is 26.2. The Kier molecular flexibility index (Phi) is 7.46. The molecule has 4 aliphatic carbocycles. The maximum atomic E-state index is 11.8. The van der Waals surface area contributed by atoms with Gasteiger partial charge in [0.1, 0.15) is 11.5 Å². The number of carbonyl (C=O) groups is 1. The molecule has 0 aromatic heterocycles. The molecule has 0 spiro atoms. The van der Waals surface area contributed by atoms with Crippen molar-refractivity contribution in [1.82, 2.24) is 0 Å². The summed E-state index contributed by atoms with van der Waals surface area (Å²) >= 11 is 0. The summed E-state index contributed by atoms with van der Waals surface area (Å²) in [6.07, 6.45) is 7.65. The van der Waals surface area contributed by atoms with E-state index in [1.807, 2.05) is 25.1 Å². The van der Waals surface area contributed by atoms with Crippen LogP contribution in [0.3, 0.4) is 0 Å². The van der Waals surface area contributed by atoms with E-state index in [0.717, 1.165) is 34.6 Å². The largest absolute Gasteiger partial charge is 0.495 e. The van der Waals surface area contributed by atoms with Crippen molar-refractivity contribution in [2.75, 3.05) is 27.9 Å². The highest BCUT2D eigenvalue weighted by Crippen LogP contribution is 2.62. The summed E-state index contributed by atoms with van der Waals surface area (Å²) in [6, 6.07) is 11.2. The summed E-state index contributed by atoms with van der Waals surface area (Å²) in [6.45, 7) is 1.63. The molecule has 4 bridgehead atoms. The van der Waals surface area contributed by atoms with Crippen molar-refractivity contribution >= 4 is 5.97 Å². The Labute approximate surface area is 219 Å². The lowest BCUT2D eigenvalue weighted by Gasteiger charge is -2.57. The number of carbonyl (C=O) groups excluding carboxylic acids is 1. The smallest absolute Gasteiger partial charge is 0.337 e. The third-order valence-corrected chi connectivity index (χ3v) is 8.28. The monoisotopic (exact) mass is 504 g/mol. The van der Waals surface area contributed by atoms with E-state index in [4.69, 9.17) is 23.7 Å². The van der Waals surface area contributed by atoms with Gasteiger partial charge >= 0.3 is 12.4 Å². The molecule has 1 atom stereocenters. The molecule has 0 N–H and O–H groups in total. The minimum atomic E-state index is -0.785. The first-order chi connectivity index (χ1) is 18.0. The third-order valence-electron chi connectivity index (χ3n) is 8.28. The topological polar surface area (TPSA) is 63.2 Å². The number of hydrogen-bond acceptors (Lipinski definition) is 6. The molecule has 37 heavy (non-hydrogen) atoms. The van der Waals surface area contributed by atoms with E-state index in [2.05, 4.69) is 17.9 Å². The Balaban J connectivity index is 1.54. The fraction of sp³-hybridized carbons (Fsp3) is 0.516. The van der Waals surface area contributed by atoms with Gasteiger partial charge in [-0.3, -0.25) is 0 Å². The Morgan fingerprint density at radius 2 is 1.59 bits per heavy atom. The van der Waals surface area contributed by atoms with Gasteiger partial charge in [0.2, 0.25) is 0 Å². The maximum absolute atomic E-state index is 11.8. The second-order valence-electron chi connectivity index (χ2n) is 10.7.